The highest BCUT2D eigenvalue weighted by Gasteiger charge is 2.47. The smallest absolute Gasteiger partial charge is 0.233 e. The Balaban J connectivity index is 1.46. The molecule has 3 amide bonds. The SMILES string of the molecule is C[C@H](CNC(=O)CCN1C(=O)[C@H]2CCCC[C@@H]2C1=O)c1ccccc1. The van der Waals surface area contributed by atoms with Crippen LogP contribution >= 0.6 is 0 Å². The third-order valence-electron chi connectivity index (χ3n) is 5.47. The highest BCUT2D eigenvalue weighted by atomic mass is 16.2. The molecule has 5 heteroatoms. The van der Waals surface area contributed by atoms with Gasteiger partial charge in [0, 0.05) is 19.5 Å². The summed E-state index contributed by atoms with van der Waals surface area (Å²) in [4.78, 5) is 38.2. The number of carbonyl (C=O) groups excluding carboxylic acids is 3. The largest absolute Gasteiger partial charge is 0.355 e. The number of carbonyl (C=O) groups is 3. The first-order valence-corrected chi connectivity index (χ1v) is 9.25. The lowest BCUT2D eigenvalue weighted by Crippen LogP contribution is -2.36. The average Bonchev–Trinajstić information content (AvgIpc) is 2.89. The topological polar surface area (TPSA) is 66.5 Å². The van der Waals surface area contributed by atoms with Gasteiger partial charge in [-0.3, -0.25) is 19.3 Å². The van der Waals surface area contributed by atoms with Crippen LogP contribution in [0.15, 0.2) is 30.3 Å². The van der Waals surface area contributed by atoms with Crippen LogP contribution in [-0.2, 0) is 14.4 Å². The lowest BCUT2D eigenvalue weighted by atomic mass is 9.81. The van der Waals surface area contributed by atoms with Gasteiger partial charge in [-0.25, -0.2) is 0 Å². The number of rotatable bonds is 6. The molecule has 0 unspecified atom stereocenters. The summed E-state index contributed by atoms with van der Waals surface area (Å²) in [6.45, 7) is 2.82. The van der Waals surface area contributed by atoms with Crippen molar-refractivity contribution in [2.75, 3.05) is 13.1 Å². The molecule has 1 heterocycles. The van der Waals surface area contributed by atoms with Crippen LogP contribution < -0.4 is 5.32 Å². The minimum Gasteiger partial charge on any atom is -0.355 e. The predicted molar refractivity (Wildman–Crippen MR) is 94.7 cm³/mol. The van der Waals surface area contributed by atoms with Crippen LogP contribution in [-0.4, -0.2) is 35.7 Å². The molecule has 3 atom stereocenters. The normalized spacial score (nSPS) is 24.1. The van der Waals surface area contributed by atoms with E-state index in [0.29, 0.717) is 6.54 Å². The third kappa shape index (κ3) is 3.91. The van der Waals surface area contributed by atoms with Crippen molar-refractivity contribution in [2.24, 2.45) is 11.8 Å². The van der Waals surface area contributed by atoms with Gasteiger partial charge in [0.15, 0.2) is 0 Å². The fourth-order valence-corrected chi connectivity index (χ4v) is 3.92. The zero-order valence-electron chi connectivity index (χ0n) is 14.7. The zero-order valence-corrected chi connectivity index (χ0v) is 14.7. The Morgan fingerprint density at radius 3 is 2.32 bits per heavy atom. The van der Waals surface area contributed by atoms with Crippen molar-refractivity contribution >= 4 is 17.7 Å². The molecular formula is C20H26N2O3. The Kier molecular flexibility index (Phi) is 5.51. The van der Waals surface area contributed by atoms with E-state index in [2.05, 4.69) is 12.2 Å². The number of fused-ring (bicyclic) bond motifs is 1. The standard InChI is InChI=1S/C20H26N2O3/c1-14(15-7-3-2-4-8-15)13-21-18(23)11-12-22-19(24)16-9-5-6-10-17(16)20(22)25/h2-4,7-8,14,16-17H,5-6,9-13H2,1H3,(H,21,23)/t14-,16+,17+/m1/s1. The first-order chi connectivity index (χ1) is 12.1. The summed E-state index contributed by atoms with van der Waals surface area (Å²) in [7, 11) is 0. The number of hydrogen-bond acceptors (Lipinski definition) is 3. The second kappa shape index (κ2) is 7.81. The van der Waals surface area contributed by atoms with Crippen LogP contribution in [0.25, 0.3) is 0 Å². The quantitative estimate of drug-likeness (QED) is 0.808. The fraction of sp³-hybridized carbons (Fsp3) is 0.550. The molecule has 1 N–H and O–H groups in total. The summed E-state index contributed by atoms with van der Waals surface area (Å²) in [5.41, 5.74) is 1.18. The van der Waals surface area contributed by atoms with E-state index in [1.807, 2.05) is 30.3 Å². The Hall–Kier alpha value is -2.17. The Morgan fingerprint density at radius 1 is 1.12 bits per heavy atom. The first kappa shape index (κ1) is 17.6. The number of imide groups is 1. The molecular weight excluding hydrogens is 316 g/mol. The van der Waals surface area contributed by atoms with E-state index in [1.165, 1.54) is 10.5 Å². The molecule has 2 fully saturated rings. The van der Waals surface area contributed by atoms with E-state index >= 15 is 0 Å². The van der Waals surface area contributed by atoms with Crippen molar-refractivity contribution in [2.45, 2.75) is 44.9 Å². The predicted octanol–water partition coefficient (Wildman–Crippen LogP) is 2.47. The molecule has 1 saturated heterocycles. The van der Waals surface area contributed by atoms with E-state index in [0.717, 1.165) is 25.7 Å². The Morgan fingerprint density at radius 2 is 1.72 bits per heavy atom. The minimum absolute atomic E-state index is 0.0693. The van der Waals surface area contributed by atoms with Gasteiger partial charge in [-0.15, -0.1) is 0 Å². The summed E-state index contributed by atoms with van der Waals surface area (Å²) in [5, 5.41) is 2.91. The van der Waals surface area contributed by atoms with Gasteiger partial charge in [0.25, 0.3) is 0 Å². The van der Waals surface area contributed by atoms with E-state index in [9.17, 15) is 14.4 Å². The van der Waals surface area contributed by atoms with Crippen molar-refractivity contribution in [3.05, 3.63) is 35.9 Å². The first-order valence-electron chi connectivity index (χ1n) is 9.25. The maximum atomic E-state index is 12.4. The summed E-state index contributed by atoms with van der Waals surface area (Å²) < 4.78 is 0. The monoisotopic (exact) mass is 342 g/mol. The molecule has 1 saturated carbocycles. The van der Waals surface area contributed by atoms with Gasteiger partial charge in [-0.05, 0) is 24.3 Å². The van der Waals surface area contributed by atoms with Crippen LogP contribution in [0.2, 0.25) is 0 Å². The molecule has 1 aliphatic heterocycles. The van der Waals surface area contributed by atoms with Gasteiger partial charge >= 0.3 is 0 Å². The van der Waals surface area contributed by atoms with E-state index in [1.54, 1.807) is 0 Å². The molecule has 134 valence electrons. The highest BCUT2D eigenvalue weighted by molar-refractivity contribution is 6.05. The number of nitrogens with one attached hydrogen (secondary N) is 1. The number of amides is 3. The van der Waals surface area contributed by atoms with Crippen molar-refractivity contribution in [3.63, 3.8) is 0 Å². The van der Waals surface area contributed by atoms with Crippen LogP contribution in [0.3, 0.4) is 0 Å². The van der Waals surface area contributed by atoms with E-state index in [-0.39, 0.29) is 48.4 Å². The second-order valence-electron chi connectivity index (χ2n) is 7.19. The minimum atomic E-state index is -0.137. The van der Waals surface area contributed by atoms with Crippen molar-refractivity contribution in [1.29, 1.82) is 0 Å². The van der Waals surface area contributed by atoms with Crippen LogP contribution in [0, 0.1) is 11.8 Å². The van der Waals surface area contributed by atoms with Gasteiger partial charge in [0.1, 0.15) is 0 Å². The lowest BCUT2D eigenvalue weighted by molar-refractivity contribution is -0.140. The maximum absolute atomic E-state index is 12.4. The number of benzene rings is 1. The van der Waals surface area contributed by atoms with Gasteiger partial charge in [-0.2, -0.15) is 0 Å². The van der Waals surface area contributed by atoms with Gasteiger partial charge in [0.2, 0.25) is 17.7 Å². The van der Waals surface area contributed by atoms with Crippen LogP contribution in [0.4, 0.5) is 0 Å². The summed E-state index contributed by atoms with van der Waals surface area (Å²) in [6.07, 6.45) is 3.84. The van der Waals surface area contributed by atoms with Gasteiger partial charge < -0.3 is 5.32 Å². The second-order valence-corrected chi connectivity index (χ2v) is 7.19. The molecule has 3 rings (SSSR count). The summed E-state index contributed by atoms with van der Waals surface area (Å²) >= 11 is 0. The number of nitrogens with zero attached hydrogens (tertiary/aromatic N) is 1. The molecule has 0 bridgehead atoms. The molecule has 1 aromatic rings. The zero-order chi connectivity index (χ0) is 17.8. The average molecular weight is 342 g/mol. The fourth-order valence-electron chi connectivity index (χ4n) is 3.92. The Bertz CT molecular complexity index is 620. The Labute approximate surface area is 148 Å². The van der Waals surface area contributed by atoms with Gasteiger partial charge in [-0.1, -0.05) is 50.1 Å². The molecule has 25 heavy (non-hydrogen) atoms. The molecule has 2 aliphatic rings. The molecule has 1 aliphatic carbocycles. The van der Waals surface area contributed by atoms with Crippen LogP contribution in [0.1, 0.15) is 50.5 Å². The highest BCUT2D eigenvalue weighted by Crippen LogP contribution is 2.37. The third-order valence-corrected chi connectivity index (χ3v) is 5.47. The molecule has 0 spiro atoms. The maximum Gasteiger partial charge on any atom is 0.233 e. The number of hydrogen-bond donors (Lipinski definition) is 1. The molecule has 1 aromatic carbocycles. The molecule has 5 nitrogen and oxygen atoms in total. The van der Waals surface area contributed by atoms with E-state index < -0.39 is 0 Å². The van der Waals surface area contributed by atoms with Crippen molar-refractivity contribution in [1.82, 2.24) is 10.2 Å². The molecule has 0 radical (unpaired) electrons. The van der Waals surface area contributed by atoms with Crippen LogP contribution in [0.5, 0.6) is 0 Å². The van der Waals surface area contributed by atoms with Crippen molar-refractivity contribution in [3.8, 4) is 0 Å². The number of likely N-dealkylation sites (tertiary alicyclic amines) is 1. The summed E-state index contributed by atoms with van der Waals surface area (Å²) in [5.74, 6) is -0.300. The van der Waals surface area contributed by atoms with E-state index in [4.69, 9.17) is 0 Å². The van der Waals surface area contributed by atoms with Crippen molar-refractivity contribution < 1.29 is 14.4 Å². The van der Waals surface area contributed by atoms with Gasteiger partial charge in [0.05, 0.1) is 11.8 Å². The lowest BCUT2D eigenvalue weighted by Gasteiger charge is -2.19. The molecule has 0 aromatic heterocycles. The summed E-state index contributed by atoms with van der Waals surface area (Å²) in [6, 6.07) is 10.0.